The van der Waals surface area contributed by atoms with Crippen molar-refractivity contribution in [2.75, 3.05) is 31.1 Å². The topological polar surface area (TPSA) is 37.4 Å². The molecule has 0 bridgehead atoms. The smallest absolute Gasteiger partial charge is 0.143 e. The molecule has 0 amide bonds. The molecular weight excluding hydrogens is 262 g/mol. The number of hydrogen-bond acceptors (Lipinski definition) is 4. The van der Waals surface area contributed by atoms with E-state index in [0.717, 1.165) is 49.5 Å². The zero-order valence-corrected chi connectivity index (χ0v) is 12.0. The Bertz CT molecular complexity index is 629. The normalized spacial score (nSPS) is 21.0. The van der Waals surface area contributed by atoms with Gasteiger partial charge in [-0.1, -0.05) is 12.1 Å². The van der Waals surface area contributed by atoms with E-state index < -0.39 is 0 Å². The molecule has 1 fully saturated rings. The van der Waals surface area contributed by atoms with Crippen molar-refractivity contribution in [2.45, 2.75) is 12.5 Å². The van der Waals surface area contributed by atoms with Crippen molar-refractivity contribution in [1.29, 1.82) is 0 Å². The first-order valence-corrected chi connectivity index (χ1v) is 7.56. The van der Waals surface area contributed by atoms with Crippen molar-refractivity contribution in [3.63, 3.8) is 0 Å². The number of anilines is 1. The lowest BCUT2D eigenvalue weighted by Gasteiger charge is -2.36. The minimum atomic E-state index is 0.546. The average Bonchev–Trinajstić information content (AvgIpc) is 2.74. The number of fused-ring (bicyclic) bond motifs is 3. The van der Waals surface area contributed by atoms with E-state index in [9.17, 15) is 0 Å². The van der Waals surface area contributed by atoms with Gasteiger partial charge in [0.15, 0.2) is 0 Å². The van der Waals surface area contributed by atoms with Crippen LogP contribution in [0.2, 0.25) is 0 Å². The van der Waals surface area contributed by atoms with Crippen molar-refractivity contribution in [2.24, 2.45) is 0 Å². The molecule has 0 radical (unpaired) electrons. The Balaban J connectivity index is 1.73. The number of pyridine rings is 1. The molecule has 3 heterocycles. The zero-order chi connectivity index (χ0) is 14.1. The first kappa shape index (κ1) is 12.7. The van der Waals surface area contributed by atoms with Crippen LogP contribution in [0.1, 0.15) is 6.42 Å². The maximum Gasteiger partial charge on any atom is 0.143 e. The third-order valence-electron chi connectivity index (χ3n) is 4.32. The number of rotatable bonds is 1. The molecule has 1 atom stereocenters. The van der Waals surface area contributed by atoms with Crippen molar-refractivity contribution < 1.29 is 4.74 Å². The number of nitrogens with one attached hydrogen (secondary N) is 1. The van der Waals surface area contributed by atoms with Gasteiger partial charge in [-0.15, -0.1) is 0 Å². The first-order chi connectivity index (χ1) is 10.4. The van der Waals surface area contributed by atoms with Crippen molar-refractivity contribution in [3.05, 3.63) is 42.7 Å². The summed E-state index contributed by atoms with van der Waals surface area (Å²) in [4.78, 5) is 6.69. The second kappa shape index (κ2) is 5.37. The van der Waals surface area contributed by atoms with Crippen LogP contribution in [0.15, 0.2) is 42.7 Å². The van der Waals surface area contributed by atoms with Crippen molar-refractivity contribution in [1.82, 2.24) is 10.3 Å². The van der Waals surface area contributed by atoms with Gasteiger partial charge in [-0.3, -0.25) is 4.98 Å². The van der Waals surface area contributed by atoms with Gasteiger partial charge in [0.2, 0.25) is 0 Å². The van der Waals surface area contributed by atoms with Crippen molar-refractivity contribution >= 4 is 5.69 Å². The second-order valence-corrected chi connectivity index (χ2v) is 5.61. The number of ether oxygens (including phenoxy) is 1. The lowest BCUT2D eigenvalue weighted by molar-refractivity contribution is 0.304. The third kappa shape index (κ3) is 2.36. The Hall–Kier alpha value is -2.07. The summed E-state index contributed by atoms with van der Waals surface area (Å²) >= 11 is 0. The van der Waals surface area contributed by atoms with Crippen LogP contribution in [-0.2, 0) is 0 Å². The number of hydrogen-bond donors (Lipinski definition) is 1. The van der Waals surface area contributed by atoms with Crippen LogP contribution in [-0.4, -0.2) is 37.3 Å². The molecule has 1 aromatic heterocycles. The van der Waals surface area contributed by atoms with Crippen LogP contribution in [0.25, 0.3) is 11.1 Å². The highest BCUT2D eigenvalue weighted by Crippen LogP contribution is 2.37. The van der Waals surface area contributed by atoms with Gasteiger partial charge in [0, 0.05) is 50.1 Å². The first-order valence-electron chi connectivity index (χ1n) is 7.56. The van der Waals surface area contributed by atoms with Crippen molar-refractivity contribution in [3.8, 4) is 16.9 Å². The Morgan fingerprint density at radius 2 is 2.24 bits per heavy atom. The van der Waals surface area contributed by atoms with Gasteiger partial charge < -0.3 is 15.0 Å². The fourth-order valence-electron chi connectivity index (χ4n) is 3.22. The fraction of sp³-hybridized carbons (Fsp3) is 0.353. The highest BCUT2D eigenvalue weighted by molar-refractivity contribution is 5.71. The number of aromatic nitrogens is 1. The molecule has 1 saturated heterocycles. The summed E-state index contributed by atoms with van der Waals surface area (Å²) in [5, 5.41) is 3.47. The second-order valence-electron chi connectivity index (χ2n) is 5.61. The number of piperazine rings is 1. The van der Waals surface area contributed by atoms with Gasteiger partial charge in [0.25, 0.3) is 0 Å². The molecule has 1 N–H and O–H groups in total. The molecule has 4 nitrogen and oxygen atoms in total. The summed E-state index contributed by atoms with van der Waals surface area (Å²) in [5.74, 6) is 1.00. The Morgan fingerprint density at radius 3 is 3.14 bits per heavy atom. The monoisotopic (exact) mass is 281 g/mol. The summed E-state index contributed by atoms with van der Waals surface area (Å²) in [5.41, 5.74) is 3.52. The van der Waals surface area contributed by atoms with E-state index in [4.69, 9.17) is 4.74 Å². The van der Waals surface area contributed by atoms with Crippen LogP contribution >= 0.6 is 0 Å². The molecule has 2 aromatic rings. The maximum absolute atomic E-state index is 6.01. The minimum Gasteiger partial charge on any atom is -0.491 e. The minimum absolute atomic E-state index is 0.546. The standard InChI is InChI=1S/C17H19N3O/c1-2-14(11-18-6-1)13-3-4-16-17(10-13)21-9-5-15-12-19-7-8-20(15)16/h1-4,6,10-11,15,19H,5,7-9,12H2/t15-/m0/s1. The lowest BCUT2D eigenvalue weighted by atomic mass is 10.0. The van der Waals surface area contributed by atoms with E-state index in [2.05, 4.69) is 39.5 Å². The van der Waals surface area contributed by atoms with Crippen LogP contribution in [0.4, 0.5) is 5.69 Å². The SMILES string of the molecule is c1cncc(-c2ccc3c(c2)OCC[C@H]2CNCCN32)c1. The van der Waals surface area contributed by atoms with Gasteiger partial charge in [-0.2, -0.15) is 0 Å². The highest BCUT2D eigenvalue weighted by atomic mass is 16.5. The fourth-order valence-corrected chi connectivity index (χ4v) is 3.22. The largest absolute Gasteiger partial charge is 0.491 e. The summed E-state index contributed by atoms with van der Waals surface area (Å²) in [6.07, 6.45) is 4.77. The number of benzene rings is 1. The van der Waals surface area contributed by atoms with Crippen LogP contribution in [0.5, 0.6) is 5.75 Å². The Kier molecular flexibility index (Phi) is 3.24. The van der Waals surface area contributed by atoms with Crippen LogP contribution < -0.4 is 15.0 Å². The van der Waals surface area contributed by atoms with Gasteiger partial charge in [-0.05, 0) is 23.8 Å². The molecule has 4 rings (SSSR count). The van der Waals surface area contributed by atoms with Crippen LogP contribution in [0.3, 0.4) is 0 Å². The maximum atomic E-state index is 6.01. The molecule has 4 heteroatoms. The molecule has 1 aromatic carbocycles. The Labute approximate surface area is 124 Å². The zero-order valence-electron chi connectivity index (χ0n) is 12.0. The number of nitrogens with zero attached hydrogens (tertiary/aromatic N) is 2. The van der Waals surface area contributed by atoms with Crippen LogP contribution in [0, 0.1) is 0 Å². The third-order valence-corrected chi connectivity index (χ3v) is 4.32. The van der Waals surface area contributed by atoms with Gasteiger partial charge in [-0.25, -0.2) is 0 Å². The molecule has 21 heavy (non-hydrogen) atoms. The molecule has 108 valence electrons. The van der Waals surface area contributed by atoms with Gasteiger partial charge in [0.1, 0.15) is 5.75 Å². The molecular formula is C17H19N3O. The van der Waals surface area contributed by atoms with E-state index in [-0.39, 0.29) is 0 Å². The molecule has 2 aliphatic heterocycles. The summed E-state index contributed by atoms with van der Waals surface area (Å²) in [6, 6.07) is 11.1. The Morgan fingerprint density at radius 1 is 1.24 bits per heavy atom. The molecule has 0 unspecified atom stereocenters. The molecule has 0 aliphatic carbocycles. The highest BCUT2D eigenvalue weighted by Gasteiger charge is 2.27. The van der Waals surface area contributed by atoms with E-state index >= 15 is 0 Å². The predicted octanol–water partition coefficient (Wildman–Crippen LogP) is 2.31. The summed E-state index contributed by atoms with van der Waals surface area (Å²) in [7, 11) is 0. The molecule has 2 aliphatic rings. The average molecular weight is 281 g/mol. The molecule has 0 saturated carbocycles. The lowest BCUT2D eigenvalue weighted by Crippen LogP contribution is -2.51. The van der Waals surface area contributed by atoms with Gasteiger partial charge in [0.05, 0.1) is 12.3 Å². The molecule has 0 spiro atoms. The van der Waals surface area contributed by atoms with E-state index in [1.54, 1.807) is 6.20 Å². The van der Waals surface area contributed by atoms with E-state index in [0.29, 0.717) is 6.04 Å². The summed E-state index contributed by atoms with van der Waals surface area (Å²) in [6.45, 7) is 3.92. The van der Waals surface area contributed by atoms with E-state index in [1.165, 1.54) is 5.69 Å². The summed E-state index contributed by atoms with van der Waals surface area (Å²) < 4.78 is 6.01. The quantitative estimate of drug-likeness (QED) is 0.870. The van der Waals surface area contributed by atoms with E-state index in [1.807, 2.05) is 12.3 Å². The predicted molar refractivity (Wildman–Crippen MR) is 83.8 cm³/mol. The van der Waals surface area contributed by atoms with Gasteiger partial charge >= 0.3 is 0 Å².